The molecule has 0 radical (unpaired) electrons. The molecule has 1 aliphatic carbocycles. The predicted octanol–water partition coefficient (Wildman–Crippen LogP) is 3.60. The summed E-state index contributed by atoms with van der Waals surface area (Å²) in [7, 11) is 0. The third kappa shape index (κ3) is 5.84. The Morgan fingerprint density at radius 3 is 2.58 bits per heavy atom. The fraction of sp³-hybridized carbons (Fsp3) is 0.464. The van der Waals surface area contributed by atoms with Crippen molar-refractivity contribution in [3.8, 4) is 0 Å². The van der Waals surface area contributed by atoms with Gasteiger partial charge in [0.1, 0.15) is 17.9 Å². The molecule has 0 saturated carbocycles. The number of amides is 3. The number of nitro benzene ring substituents is 1. The Hall–Kier alpha value is -3.82. The molecule has 9 nitrogen and oxygen atoms in total. The van der Waals surface area contributed by atoms with Gasteiger partial charge in [0.2, 0.25) is 17.7 Å². The van der Waals surface area contributed by atoms with Gasteiger partial charge in [0.05, 0.1) is 11.0 Å². The second kappa shape index (κ2) is 11.7. The number of carbonyl (C=O) groups excluding carboxylic acids is 3. The van der Waals surface area contributed by atoms with Crippen LogP contribution in [0.25, 0.3) is 0 Å². The number of likely N-dealkylation sites (tertiary alicyclic amines) is 1. The van der Waals surface area contributed by atoms with Crippen molar-refractivity contribution >= 4 is 23.4 Å². The van der Waals surface area contributed by atoms with Gasteiger partial charge in [-0.1, -0.05) is 38.1 Å². The van der Waals surface area contributed by atoms with Gasteiger partial charge in [0, 0.05) is 31.0 Å². The highest BCUT2D eigenvalue weighted by atomic mass is 19.1. The number of fused-ring (bicyclic) bond motifs is 1. The number of halogens is 1. The van der Waals surface area contributed by atoms with Gasteiger partial charge < -0.3 is 15.5 Å². The van der Waals surface area contributed by atoms with Crippen molar-refractivity contribution in [2.24, 2.45) is 5.92 Å². The summed E-state index contributed by atoms with van der Waals surface area (Å²) in [5.41, 5.74) is 1.98. The van der Waals surface area contributed by atoms with Crippen LogP contribution in [-0.4, -0.2) is 46.2 Å². The number of nitrogens with zero attached hydrogens (tertiary/aromatic N) is 2. The molecule has 1 heterocycles. The molecule has 3 amide bonds. The first kappa shape index (κ1) is 27.2. The van der Waals surface area contributed by atoms with Crippen LogP contribution in [0.5, 0.6) is 0 Å². The summed E-state index contributed by atoms with van der Waals surface area (Å²) in [4.78, 5) is 51.8. The maximum atomic E-state index is 14.2. The molecule has 2 aliphatic rings. The van der Waals surface area contributed by atoms with E-state index in [1.54, 1.807) is 25.1 Å². The van der Waals surface area contributed by atoms with Crippen LogP contribution in [0.4, 0.5) is 10.1 Å². The third-order valence-corrected chi connectivity index (χ3v) is 7.63. The SMILES string of the molecule is CC[C@@H](C)C(=O)N[C@@H](Cc1ccc([N+](=O)[O-])cc1)C(=O)N1CCC[C@H]1C(=O)NC1CCc2c(F)cccc21. The average molecular weight is 525 g/mol. The maximum Gasteiger partial charge on any atom is 0.269 e. The fourth-order valence-electron chi connectivity index (χ4n) is 5.22. The number of hydrogen-bond donors (Lipinski definition) is 2. The number of rotatable bonds is 9. The molecular weight excluding hydrogens is 491 g/mol. The molecule has 0 spiro atoms. The van der Waals surface area contributed by atoms with Gasteiger partial charge in [-0.2, -0.15) is 0 Å². The molecule has 2 N–H and O–H groups in total. The van der Waals surface area contributed by atoms with Crippen LogP contribution in [0.3, 0.4) is 0 Å². The third-order valence-electron chi connectivity index (χ3n) is 7.63. The van der Waals surface area contributed by atoms with Crippen molar-refractivity contribution in [1.82, 2.24) is 15.5 Å². The minimum Gasteiger partial charge on any atom is -0.347 e. The number of nitro groups is 1. The molecule has 0 aromatic heterocycles. The second-order valence-corrected chi connectivity index (χ2v) is 10.1. The normalized spacial score (nSPS) is 19.9. The van der Waals surface area contributed by atoms with Crippen LogP contribution >= 0.6 is 0 Å². The molecule has 4 atom stereocenters. The largest absolute Gasteiger partial charge is 0.347 e. The highest BCUT2D eigenvalue weighted by Gasteiger charge is 2.39. The quantitative estimate of drug-likeness (QED) is 0.384. The second-order valence-electron chi connectivity index (χ2n) is 10.1. The molecule has 1 unspecified atom stereocenters. The van der Waals surface area contributed by atoms with E-state index in [0.717, 1.165) is 5.56 Å². The number of non-ortho nitro benzene ring substituents is 1. The lowest BCUT2D eigenvalue weighted by Gasteiger charge is -2.30. The lowest BCUT2D eigenvalue weighted by molar-refractivity contribution is -0.384. The molecule has 0 bridgehead atoms. The molecule has 10 heteroatoms. The lowest BCUT2D eigenvalue weighted by Crippen LogP contribution is -2.55. The Labute approximate surface area is 220 Å². The Bertz CT molecular complexity index is 1220. The molecule has 202 valence electrons. The van der Waals surface area contributed by atoms with Crippen molar-refractivity contribution in [1.29, 1.82) is 0 Å². The summed E-state index contributed by atoms with van der Waals surface area (Å²) in [6.45, 7) is 4.03. The fourth-order valence-corrected chi connectivity index (χ4v) is 5.22. The van der Waals surface area contributed by atoms with Crippen molar-refractivity contribution < 1.29 is 23.7 Å². The van der Waals surface area contributed by atoms with E-state index in [0.29, 0.717) is 49.8 Å². The zero-order valence-electron chi connectivity index (χ0n) is 21.6. The smallest absolute Gasteiger partial charge is 0.269 e. The Morgan fingerprint density at radius 2 is 1.89 bits per heavy atom. The van der Waals surface area contributed by atoms with E-state index in [1.807, 2.05) is 13.0 Å². The Kier molecular flexibility index (Phi) is 8.38. The topological polar surface area (TPSA) is 122 Å². The van der Waals surface area contributed by atoms with Gasteiger partial charge >= 0.3 is 0 Å². The highest BCUT2D eigenvalue weighted by Crippen LogP contribution is 2.33. The monoisotopic (exact) mass is 524 g/mol. The molecule has 1 fully saturated rings. The van der Waals surface area contributed by atoms with Gasteiger partial charge in [-0.15, -0.1) is 0 Å². The Morgan fingerprint density at radius 1 is 1.16 bits per heavy atom. The number of hydrogen-bond acceptors (Lipinski definition) is 5. The van der Waals surface area contributed by atoms with E-state index >= 15 is 0 Å². The van der Waals surface area contributed by atoms with Crippen molar-refractivity contribution in [2.75, 3.05) is 6.54 Å². The van der Waals surface area contributed by atoms with E-state index in [4.69, 9.17) is 0 Å². The summed E-state index contributed by atoms with van der Waals surface area (Å²) in [6, 6.07) is 8.80. The van der Waals surface area contributed by atoms with Crippen molar-refractivity contribution in [3.63, 3.8) is 0 Å². The van der Waals surface area contributed by atoms with Gasteiger partial charge in [0.15, 0.2) is 0 Å². The minimum atomic E-state index is -0.923. The zero-order chi connectivity index (χ0) is 27.4. The summed E-state index contributed by atoms with van der Waals surface area (Å²) >= 11 is 0. The number of carbonyl (C=O) groups is 3. The van der Waals surface area contributed by atoms with Gasteiger partial charge in [-0.05, 0) is 54.9 Å². The first-order valence-electron chi connectivity index (χ1n) is 13.1. The maximum absolute atomic E-state index is 14.2. The predicted molar refractivity (Wildman–Crippen MR) is 139 cm³/mol. The van der Waals surface area contributed by atoms with Crippen LogP contribution in [0.15, 0.2) is 42.5 Å². The first-order valence-corrected chi connectivity index (χ1v) is 13.1. The summed E-state index contributed by atoms with van der Waals surface area (Å²) in [5, 5.41) is 16.9. The van der Waals surface area contributed by atoms with E-state index in [-0.39, 0.29) is 47.6 Å². The van der Waals surface area contributed by atoms with E-state index < -0.39 is 17.0 Å². The zero-order valence-corrected chi connectivity index (χ0v) is 21.6. The lowest BCUT2D eigenvalue weighted by atomic mass is 10.0. The molecule has 2 aromatic carbocycles. The van der Waals surface area contributed by atoms with Crippen LogP contribution in [0.1, 0.15) is 62.3 Å². The Balaban J connectivity index is 1.50. The van der Waals surface area contributed by atoms with Crippen LogP contribution in [0, 0.1) is 21.8 Å². The molecule has 1 saturated heterocycles. The highest BCUT2D eigenvalue weighted by molar-refractivity contribution is 5.93. The molecule has 1 aliphatic heterocycles. The van der Waals surface area contributed by atoms with E-state index in [9.17, 15) is 28.9 Å². The number of benzene rings is 2. The van der Waals surface area contributed by atoms with E-state index in [1.165, 1.54) is 23.1 Å². The summed E-state index contributed by atoms with van der Waals surface area (Å²) in [5.74, 6) is -1.50. The van der Waals surface area contributed by atoms with E-state index in [2.05, 4.69) is 10.6 Å². The molecule has 38 heavy (non-hydrogen) atoms. The molecular formula is C28H33FN4O5. The summed E-state index contributed by atoms with van der Waals surface area (Å²) < 4.78 is 14.2. The van der Waals surface area contributed by atoms with Crippen molar-refractivity contribution in [3.05, 3.63) is 75.1 Å². The van der Waals surface area contributed by atoms with Gasteiger partial charge in [-0.25, -0.2) is 4.39 Å². The molecule has 2 aromatic rings. The van der Waals surface area contributed by atoms with Crippen LogP contribution in [-0.2, 0) is 27.2 Å². The van der Waals surface area contributed by atoms with Crippen molar-refractivity contribution in [2.45, 2.75) is 70.5 Å². The first-order chi connectivity index (χ1) is 18.2. The minimum absolute atomic E-state index is 0.0649. The standard InChI is InChI=1S/C28H33FN4O5/c1-3-17(2)26(34)31-24(16-18-9-11-19(12-10-18)33(37)38)28(36)32-15-5-8-25(32)27(35)30-23-14-13-20-21(23)6-4-7-22(20)29/h4,6-7,9-12,17,23-25H,3,5,8,13-16H2,1-2H3,(H,30,35)(H,31,34)/t17-,23?,24+,25+/m1/s1. The van der Waals surface area contributed by atoms with Crippen LogP contribution < -0.4 is 10.6 Å². The summed E-state index contributed by atoms with van der Waals surface area (Å²) in [6.07, 6.45) is 3.00. The molecule has 4 rings (SSSR count). The average Bonchev–Trinajstić information content (AvgIpc) is 3.56. The van der Waals surface area contributed by atoms with Crippen LogP contribution in [0.2, 0.25) is 0 Å². The van der Waals surface area contributed by atoms with Gasteiger partial charge in [-0.3, -0.25) is 24.5 Å². The van der Waals surface area contributed by atoms with Gasteiger partial charge in [0.25, 0.3) is 5.69 Å². The number of nitrogens with one attached hydrogen (secondary N) is 2.